The highest BCUT2D eigenvalue weighted by molar-refractivity contribution is 7.99. The molecule has 150 valence electrons. The van der Waals surface area contributed by atoms with Crippen molar-refractivity contribution in [1.29, 1.82) is 0 Å². The SMILES string of the molecule is Cc1cccc(C)c1NC(=O)CSc1nc(Cc2ccc(Cl)cc2)n(N)c(=O)n1. The Morgan fingerprint density at radius 3 is 2.45 bits per heavy atom. The van der Waals surface area contributed by atoms with Crippen molar-refractivity contribution in [2.75, 3.05) is 16.9 Å². The van der Waals surface area contributed by atoms with E-state index >= 15 is 0 Å². The van der Waals surface area contributed by atoms with Gasteiger partial charge in [-0.3, -0.25) is 4.79 Å². The second-order valence-corrected chi connectivity index (χ2v) is 7.86. The van der Waals surface area contributed by atoms with E-state index in [1.165, 1.54) is 0 Å². The molecule has 0 saturated carbocycles. The van der Waals surface area contributed by atoms with Gasteiger partial charge in [0, 0.05) is 17.1 Å². The molecule has 1 aromatic heterocycles. The summed E-state index contributed by atoms with van der Waals surface area (Å²) in [5.41, 5.74) is 3.03. The Hall–Kier alpha value is -2.84. The van der Waals surface area contributed by atoms with Crippen LogP contribution in [0.2, 0.25) is 5.02 Å². The fourth-order valence-corrected chi connectivity index (χ4v) is 3.50. The number of rotatable bonds is 6. The van der Waals surface area contributed by atoms with Gasteiger partial charge >= 0.3 is 5.69 Å². The molecule has 0 spiro atoms. The standard InChI is InChI=1S/C20H20ClN5O2S/c1-12-4-3-5-13(2)18(12)24-17(27)11-29-19-23-16(26(22)20(28)25-19)10-14-6-8-15(21)9-7-14/h3-9H,10-11,22H2,1-2H3,(H,24,27). The van der Waals surface area contributed by atoms with Gasteiger partial charge in [0.2, 0.25) is 5.91 Å². The first-order valence-electron chi connectivity index (χ1n) is 8.82. The number of amides is 1. The third-order valence-electron chi connectivity index (χ3n) is 4.25. The molecule has 0 aliphatic heterocycles. The minimum atomic E-state index is -0.624. The number of nitrogen functional groups attached to an aromatic ring is 1. The van der Waals surface area contributed by atoms with Crippen LogP contribution in [0.25, 0.3) is 0 Å². The average Bonchev–Trinajstić information content (AvgIpc) is 2.68. The molecular weight excluding hydrogens is 410 g/mol. The van der Waals surface area contributed by atoms with Crippen molar-refractivity contribution in [3.8, 4) is 0 Å². The number of benzene rings is 2. The van der Waals surface area contributed by atoms with Gasteiger partial charge in [-0.15, -0.1) is 0 Å². The molecule has 3 rings (SSSR count). The van der Waals surface area contributed by atoms with Gasteiger partial charge < -0.3 is 11.2 Å². The maximum Gasteiger partial charge on any atom is 0.370 e. The lowest BCUT2D eigenvalue weighted by Crippen LogP contribution is -2.34. The lowest BCUT2D eigenvalue weighted by Gasteiger charge is -2.11. The van der Waals surface area contributed by atoms with Crippen LogP contribution in [0.3, 0.4) is 0 Å². The molecule has 0 bridgehead atoms. The molecule has 9 heteroatoms. The number of anilines is 1. The van der Waals surface area contributed by atoms with Gasteiger partial charge in [-0.05, 0) is 42.7 Å². The van der Waals surface area contributed by atoms with Gasteiger partial charge in [0.1, 0.15) is 5.82 Å². The van der Waals surface area contributed by atoms with E-state index in [9.17, 15) is 9.59 Å². The Kier molecular flexibility index (Phi) is 6.56. The summed E-state index contributed by atoms with van der Waals surface area (Å²) in [6.07, 6.45) is 0.341. The molecule has 7 nitrogen and oxygen atoms in total. The summed E-state index contributed by atoms with van der Waals surface area (Å²) in [5, 5.41) is 3.72. The molecule has 29 heavy (non-hydrogen) atoms. The molecule has 0 atom stereocenters. The maximum atomic E-state index is 12.3. The van der Waals surface area contributed by atoms with Crippen LogP contribution in [0.15, 0.2) is 52.4 Å². The fraction of sp³-hybridized carbons (Fsp3) is 0.200. The van der Waals surface area contributed by atoms with Crippen LogP contribution >= 0.6 is 23.4 Å². The molecule has 1 heterocycles. The van der Waals surface area contributed by atoms with Crippen LogP contribution < -0.4 is 16.8 Å². The van der Waals surface area contributed by atoms with Gasteiger partial charge in [-0.1, -0.05) is 53.7 Å². The molecule has 1 amide bonds. The van der Waals surface area contributed by atoms with Crippen LogP contribution in [0.5, 0.6) is 0 Å². The first-order chi connectivity index (χ1) is 13.8. The Labute approximate surface area is 177 Å². The van der Waals surface area contributed by atoms with Crippen LogP contribution in [-0.2, 0) is 11.2 Å². The summed E-state index contributed by atoms with van der Waals surface area (Å²) in [6, 6.07) is 13.0. The quantitative estimate of drug-likeness (QED) is 0.461. The lowest BCUT2D eigenvalue weighted by atomic mass is 10.1. The highest BCUT2D eigenvalue weighted by atomic mass is 35.5. The van der Waals surface area contributed by atoms with Crippen LogP contribution in [0, 0.1) is 13.8 Å². The Morgan fingerprint density at radius 1 is 1.14 bits per heavy atom. The highest BCUT2D eigenvalue weighted by Crippen LogP contribution is 2.20. The van der Waals surface area contributed by atoms with Gasteiger partial charge in [-0.25, -0.2) is 9.78 Å². The topological polar surface area (TPSA) is 103 Å². The molecule has 3 N–H and O–H groups in total. The second kappa shape index (κ2) is 9.11. The van der Waals surface area contributed by atoms with E-state index in [0.717, 1.165) is 38.8 Å². The van der Waals surface area contributed by atoms with Crippen LogP contribution in [0.1, 0.15) is 22.5 Å². The largest absolute Gasteiger partial charge is 0.370 e. The third-order valence-corrected chi connectivity index (χ3v) is 5.35. The summed E-state index contributed by atoms with van der Waals surface area (Å²) in [7, 11) is 0. The molecule has 0 saturated heterocycles. The normalized spacial score (nSPS) is 10.7. The zero-order valence-electron chi connectivity index (χ0n) is 16.0. The van der Waals surface area contributed by atoms with Crippen molar-refractivity contribution in [3.05, 3.63) is 80.5 Å². The molecule has 0 aliphatic carbocycles. The maximum absolute atomic E-state index is 12.3. The summed E-state index contributed by atoms with van der Waals surface area (Å²) >= 11 is 6.98. The number of carbonyl (C=O) groups excluding carboxylic acids is 1. The first kappa shape index (κ1) is 20.9. The Bertz CT molecular complexity index is 1080. The van der Waals surface area contributed by atoms with E-state index < -0.39 is 5.69 Å². The number of hydrogen-bond acceptors (Lipinski definition) is 6. The third kappa shape index (κ3) is 5.36. The van der Waals surface area contributed by atoms with Crippen molar-refractivity contribution in [2.24, 2.45) is 0 Å². The van der Waals surface area contributed by atoms with Crippen molar-refractivity contribution in [2.45, 2.75) is 25.4 Å². The Morgan fingerprint density at radius 2 is 1.79 bits per heavy atom. The number of thioether (sulfide) groups is 1. The van der Waals surface area contributed by atoms with E-state index in [1.54, 1.807) is 12.1 Å². The summed E-state index contributed by atoms with van der Waals surface area (Å²) < 4.78 is 0.912. The van der Waals surface area contributed by atoms with Gasteiger partial charge in [-0.2, -0.15) is 9.66 Å². The average molecular weight is 430 g/mol. The minimum Gasteiger partial charge on any atom is -0.333 e. The number of aryl methyl sites for hydroxylation is 2. The number of nitrogens with one attached hydrogen (secondary N) is 1. The molecule has 3 aromatic rings. The number of aromatic nitrogens is 3. The molecular formula is C20H20ClN5O2S. The zero-order chi connectivity index (χ0) is 21.0. The number of nitrogens with two attached hydrogens (primary N) is 1. The predicted octanol–water partition coefficient (Wildman–Crippen LogP) is 2.94. The van der Waals surface area contributed by atoms with Crippen molar-refractivity contribution < 1.29 is 4.79 Å². The number of para-hydroxylation sites is 1. The van der Waals surface area contributed by atoms with Crippen molar-refractivity contribution >= 4 is 35.0 Å². The van der Waals surface area contributed by atoms with E-state index in [-0.39, 0.29) is 16.8 Å². The number of carbonyl (C=O) groups is 1. The number of hydrogen-bond donors (Lipinski definition) is 2. The van der Waals surface area contributed by atoms with E-state index in [0.29, 0.717) is 17.3 Å². The zero-order valence-corrected chi connectivity index (χ0v) is 17.5. The van der Waals surface area contributed by atoms with E-state index in [2.05, 4.69) is 15.3 Å². The van der Waals surface area contributed by atoms with Crippen molar-refractivity contribution in [1.82, 2.24) is 14.6 Å². The smallest absolute Gasteiger partial charge is 0.333 e. The molecule has 0 radical (unpaired) electrons. The molecule has 2 aromatic carbocycles. The second-order valence-electron chi connectivity index (χ2n) is 6.48. The molecule has 0 aliphatic rings. The van der Waals surface area contributed by atoms with Crippen molar-refractivity contribution in [3.63, 3.8) is 0 Å². The molecule has 0 unspecified atom stereocenters. The van der Waals surface area contributed by atoms with E-state index in [4.69, 9.17) is 17.4 Å². The lowest BCUT2D eigenvalue weighted by molar-refractivity contribution is -0.113. The number of nitrogens with zero attached hydrogens (tertiary/aromatic N) is 3. The summed E-state index contributed by atoms with van der Waals surface area (Å²) in [5.74, 6) is 6.01. The summed E-state index contributed by atoms with van der Waals surface area (Å²) in [4.78, 5) is 32.6. The van der Waals surface area contributed by atoms with Gasteiger partial charge in [0.15, 0.2) is 5.16 Å². The van der Waals surface area contributed by atoms with E-state index in [1.807, 2.05) is 44.2 Å². The number of halogens is 1. The van der Waals surface area contributed by atoms with Gasteiger partial charge in [0.25, 0.3) is 0 Å². The molecule has 0 fully saturated rings. The highest BCUT2D eigenvalue weighted by Gasteiger charge is 2.13. The van der Waals surface area contributed by atoms with Crippen LogP contribution in [-0.4, -0.2) is 26.3 Å². The Balaban J connectivity index is 1.71. The summed E-state index contributed by atoms with van der Waals surface area (Å²) in [6.45, 7) is 3.87. The van der Waals surface area contributed by atoms with Gasteiger partial charge in [0.05, 0.1) is 5.75 Å². The first-order valence-corrected chi connectivity index (χ1v) is 10.2. The monoisotopic (exact) mass is 429 g/mol. The minimum absolute atomic E-state index is 0.0716. The predicted molar refractivity (Wildman–Crippen MR) is 116 cm³/mol. The fourth-order valence-electron chi connectivity index (χ4n) is 2.73. The van der Waals surface area contributed by atoms with Crippen LogP contribution in [0.4, 0.5) is 5.69 Å².